The number of likely N-dealkylation sites (tertiary alicyclic amines) is 1. The van der Waals surface area contributed by atoms with Crippen molar-refractivity contribution in [1.29, 1.82) is 0 Å². The van der Waals surface area contributed by atoms with Crippen LogP contribution in [-0.4, -0.2) is 50.4 Å². The molecule has 0 radical (unpaired) electrons. The van der Waals surface area contributed by atoms with E-state index in [1.54, 1.807) is 12.1 Å². The molecular weight excluding hydrogens is 435 g/mol. The van der Waals surface area contributed by atoms with Gasteiger partial charge in [0, 0.05) is 7.05 Å². The first-order valence-corrected chi connectivity index (χ1v) is 10.3. The molecule has 158 valence electrons. The maximum atomic E-state index is 13.2. The van der Waals surface area contributed by atoms with E-state index >= 15 is 0 Å². The molecule has 4 aliphatic rings. The molecule has 10 heteroatoms. The highest BCUT2D eigenvalue weighted by atomic mass is 35.5. The SMILES string of the molecule is CN1C(=O)[C@]2(Cl)C[C@@H]3C(=CC[C@@H]4C(=O)NC(=O)[C@@H]43)[C@H](c3ccc(CO)o3)[C@]2(Cl)C1=O. The first kappa shape index (κ1) is 19.8. The van der Waals surface area contributed by atoms with E-state index in [2.05, 4.69) is 5.32 Å². The molecule has 0 aromatic carbocycles. The zero-order valence-corrected chi connectivity index (χ0v) is 17.4. The van der Waals surface area contributed by atoms with Gasteiger partial charge in [-0.25, -0.2) is 0 Å². The van der Waals surface area contributed by atoms with Gasteiger partial charge in [-0.2, -0.15) is 0 Å². The summed E-state index contributed by atoms with van der Waals surface area (Å²) in [5.74, 6) is -4.26. The second kappa shape index (κ2) is 6.18. The van der Waals surface area contributed by atoms with E-state index in [1.165, 1.54) is 7.05 Å². The predicted molar refractivity (Wildman–Crippen MR) is 103 cm³/mol. The zero-order valence-electron chi connectivity index (χ0n) is 15.9. The Morgan fingerprint density at radius 1 is 1.17 bits per heavy atom. The largest absolute Gasteiger partial charge is 0.463 e. The fourth-order valence-corrected chi connectivity index (χ4v) is 6.60. The first-order valence-electron chi connectivity index (χ1n) is 9.59. The van der Waals surface area contributed by atoms with Gasteiger partial charge in [-0.3, -0.25) is 29.4 Å². The molecule has 30 heavy (non-hydrogen) atoms. The Balaban J connectivity index is 1.74. The van der Waals surface area contributed by atoms with Gasteiger partial charge in [-0.15, -0.1) is 23.2 Å². The number of imide groups is 2. The molecule has 5 rings (SSSR count). The topological polar surface area (TPSA) is 117 Å². The quantitative estimate of drug-likeness (QED) is 0.393. The molecular formula is C20H18Cl2N2O6. The van der Waals surface area contributed by atoms with Crippen LogP contribution in [0.2, 0.25) is 0 Å². The van der Waals surface area contributed by atoms with Crippen LogP contribution in [0.4, 0.5) is 0 Å². The van der Waals surface area contributed by atoms with Crippen LogP contribution in [0.1, 0.15) is 30.3 Å². The summed E-state index contributed by atoms with van der Waals surface area (Å²) in [6.45, 7) is -0.356. The van der Waals surface area contributed by atoms with Crippen LogP contribution in [0, 0.1) is 17.8 Å². The number of hydrogen-bond donors (Lipinski definition) is 2. The van der Waals surface area contributed by atoms with E-state index in [0.29, 0.717) is 12.0 Å². The second-order valence-electron chi connectivity index (χ2n) is 8.31. The average Bonchev–Trinajstić information content (AvgIpc) is 3.34. The number of carbonyl (C=O) groups excluding carboxylic acids is 4. The third kappa shape index (κ3) is 2.16. The molecule has 0 spiro atoms. The summed E-state index contributed by atoms with van der Waals surface area (Å²) in [7, 11) is 1.32. The number of hydrogen-bond acceptors (Lipinski definition) is 6. The fraction of sp³-hybridized carbons (Fsp3) is 0.500. The molecule has 0 bridgehead atoms. The van der Waals surface area contributed by atoms with E-state index in [0.717, 1.165) is 4.90 Å². The highest BCUT2D eigenvalue weighted by molar-refractivity contribution is 6.53. The molecule has 2 aliphatic heterocycles. The molecule has 2 aliphatic carbocycles. The molecule has 4 amide bonds. The Bertz CT molecular complexity index is 1050. The van der Waals surface area contributed by atoms with Crippen molar-refractivity contribution in [3.05, 3.63) is 35.3 Å². The van der Waals surface area contributed by atoms with Crippen molar-refractivity contribution in [3.63, 3.8) is 0 Å². The van der Waals surface area contributed by atoms with Gasteiger partial charge < -0.3 is 9.52 Å². The van der Waals surface area contributed by atoms with E-state index in [4.69, 9.17) is 27.6 Å². The molecule has 1 aromatic rings. The number of amides is 4. The van der Waals surface area contributed by atoms with Crippen molar-refractivity contribution < 1.29 is 28.7 Å². The zero-order chi connectivity index (χ0) is 21.6. The van der Waals surface area contributed by atoms with Gasteiger partial charge in [0.1, 0.15) is 18.1 Å². The minimum Gasteiger partial charge on any atom is -0.463 e. The van der Waals surface area contributed by atoms with Crippen molar-refractivity contribution in [2.75, 3.05) is 7.05 Å². The van der Waals surface area contributed by atoms with Crippen LogP contribution in [0.5, 0.6) is 0 Å². The Morgan fingerprint density at radius 2 is 1.90 bits per heavy atom. The number of aliphatic hydroxyl groups is 1. The molecule has 2 saturated heterocycles. The molecule has 3 heterocycles. The van der Waals surface area contributed by atoms with Crippen molar-refractivity contribution in [3.8, 4) is 0 Å². The number of nitrogens with zero attached hydrogens (tertiary/aromatic N) is 1. The lowest BCUT2D eigenvalue weighted by Crippen LogP contribution is -2.60. The number of allylic oxidation sites excluding steroid dienone is 2. The number of rotatable bonds is 2. The van der Waals surface area contributed by atoms with Crippen LogP contribution in [0.15, 0.2) is 28.2 Å². The summed E-state index contributed by atoms with van der Waals surface area (Å²) in [6, 6.07) is 3.14. The van der Waals surface area contributed by atoms with Gasteiger partial charge >= 0.3 is 0 Å². The second-order valence-corrected chi connectivity index (χ2v) is 9.56. The summed E-state index contributed by atoms with van der Waals surface area (Å²) < 4.78 is 5.73. The van der Waals surface area contributed by atoms with E-state index in [-0.39, 0.29) is 30.5 Å². The van der Waals surface area contributed by atoms with Crippen molar-refractivity contribution >= 4 is 46.8 Å². The van der Waals surface area contributed by atoms with Crippen LogP contribution in [0.25, 0.3) is 0 Å². The number of halogens is 2. The van der Waals surface area contributed by atoms with Crippen LogP contribution >= 0.6 is 23.2 Å². The number of nitrogens with one attached hydrogen (secondary N) is 1. The lowest BCUT2D eigenvalue weighted by Gasteiger charge is -2.49. The third-order valence-corrected chi connectivity index (χ3v) is 8.39. The molecule has 0 unspecified atom stereocenters. The Morgan fingerprint density at radius 3 is 2.57 bits per heavy atom. The lowest BCUT2D eigenvalue weighted by molar-refractivity contribution is -0.138. The van der Waals surface area contributed by atoms with Gasteiger partial charge in [-0.1, -0.05) is 11.6 Å². The van der Waals surface area contributed by atoms with Gasteiger partial charge in [-0.05, 0) is 30.9 Å². The smallest absolute Gasteiger partial charge is 0.253 e. The first-order chi connectivity index (χ1) is 14.1. The average molecular weight is 453 g/mol. The van der Waals surface area contributed by atoms with Crippen molar-refractivity contribution in [1.82, 2.24) is 10.2 Å². The summed E-state index contributed by atoms with van der Waals surface area (Å²) in [6.07, 6.45) is 2.07. The number of furan rings is 1. The fourth-order valence-electron chi connectivity index (χ4n) is 5.60. The number of carbonyl (C=O) groups is 4. The minimum atomic E-state index is -1.86. The molecule has 1 aromatic heterocycles. The molecule has 1 saturated carbocycles. The van der Waals surface area contributed by atoms with E-state index in [1.807, 2.05) is 6.08 Å². The summed E-state index contributed by atoms with van der Waals surface area (Å²) >= 11 is 13.8. The molecule has 6 atom stereocenters. The van der Waals surface area contributed by atoms with Gasteiger partial charge in [0.05, 0.1) is 17.8 Å². The maximum Gasteiger partial charge on any atom is 0.253 e. The normalized spacial score (nSPS) is 40.1. The molecule has 2 N–H and O–H groups in total. The highest BCUT2D eigenvalue weighted by Crippen LogP contribution is 2.64. The predicted octanol–water partition coefficient (Wildman–Crippen LogP) is 1.05. The number of fused-ring (bicyclic) bond motifs is 4. The Hall–Kier alpha value is -2.16. The summed E-state index contributed by atoms with van der Waals surface area (Å²) in [5, 5.41) is 11.8. The van der Waals surface area contributed by atoms with Crippen LogP contribution < -0.4 is 5.32 Å². The van der Waals surface area contributed by atoms with Crippen molar-refractivity contribution in [2.24, 2.45) is 17.8 Å². The standard InChI is InChI=1S/C20H18Cl2N2O6/c1-24-17(28)19(21)6-11-9(3-4-10-13(11)16(27)23-15(10)26)14(20(19,22)18(24)29)12-5-2-8(7-25)30-12/h2-3,5,10-11,13-14,25H,4,6-7H2,1H3,(H,23,26,27)/t10-,11+,13-,14+,19+,20-/m0/s1. The Labute approximate surface area is 181 Å². The number of alkyl halides is 2. The minimum absolute atomic E-state index is 0.0509. The monoisotopic (exact) mass is 452 g/mol. The van der Waals surface area contributed by atoms with E-state index in [9.17, 15) is 24.3 Å². The van der Waals surface area contributed by atoms with Gasteiger partial charge in [0.25, 0.3) is 11.8 Å². The molecule has 8 nitrogen and oxygen atoms in total. The van der Waals surface area contributed by atoms with E-state index < -0.39 is 51.1 Å². The summed E-state index contributed by atoms with van der Waals surface area (Å²) in [5.41, 5.74) is 0.655. The lowest BCUT2D eigenvalue weighted by atomic mass is 9.57. The highest BCUT2D eigenvalue weighted by Gasteiger charge is 2.76. The molecule has 3 fully saturated rings. The van der Waals surface area contributed by atoms with Gasteiger partial charge in [0.15, 0.2) is 9.75 Å². The Kier molecular flexibility index (Phi) is 4.08. The maximum absolute atomic E-state index is 13.2. The number of aliphatic hydroxyl groups excluding tert-OH is 1. The van der Waals surface area contributed by atoms with Gasteiger partial charge in [0.2, 0.25) is 11.8 Å². The van der Waals surface area contributed by atoms with Crippen LogP contribution in [0.3, 0.4) is 0 Å². The summed E-state index contributed by atoms with van der Waals surface area (Å²) in [4.78, 5) is 48.3. The third-order valence-electron chi connectivity index (χ3n) is 6.98. The van der Waals surface area contributed by atoms with Crippen molar-refractivity contribution in [2.45, 2.75) is 35.1 Å². The van der Waals surface area contributed by atoms with Crippen LogP contribution in [-0.2, 0) is 25.8 Å².